The van der Waals surface area contributed by atoms with Gasteiger partial charge in [-0.15, -0.1) is 0 Å². The number of aryl methyl sites for hydroxylation is 1. The molecule has 3 nitrogen and oxygen atoms in total. The molecule has 0 amide bonds. The smallest absolute Gasteiger partial charge is 0.0402 e. The van der Waals surface area contributed by atoms with E-state index in [1.54, 1.807) is 0 Å². The summed E-state index contributed by atoms with van der Waals surface area (Å²) in [6.45, 7) is 7.53. The number of nitrogens with two attached hydrogens (primary N) is 1. The molecule has 0 saturated carbocycles. The molecule has 2 unspecified atom stereocenters. The Balaban J connectivity index is 2.22. The van der Waals surface area contributed by atoms with Crippen LogP contribution in [0.1, 0.15) is 25.8 Å². The molecule has 1 aliphatic rings. The van der Waals surface area contributed by atoms with Crippen molar-refractivity contribution >= 4 is 5.69 Å². The summed E-state index contributed by atoms with van der Waals surface area (Å²) >= 11 is 0. The van der Waals surface area contributed by atoms with Crippen molar-refractivity contribution in [2.24, 2.45) is 5.73 Å². The van der Waals surface area contributed by atoms with Crippen LogP contribution in [0, 0.1) is 0 Å². The highest BCUT2D eigenvalue weighted by Crippen LogP contribution is 2.27. The molecule has 1 aromatic rings. The molecule has 0 radical (unpaired) electrons. The minimum absolute atomic E-state index is 0.562. The molecule has 0 spiro atoms. The van der Waals surface area contributed by atoms with Gasteiger partial charge in [-0.05, 0) is 45.0 Å². The van der Waals surface area contributed by atoms with Crippen molar-refractivity contribution in [2.75, 3.05) is 31.6 Å². The van der Waals surface area contributed by atoms with E-state index in [1.807, 2.05) is 0 Å². The van der Waals surface area contributed by atoms with Gasteiger partial charge in [0.1, 0.15) is 0 Å². The van der Waals surface area contributed by atoms with Crippen LogP contribution in [-0.2, 0) is 6.42 Å². The average Bonchev–Trinajstić information content (AvgIpc) is 2.42. The van der Waals surface area contributed by atoms with Crippen LogP contribution in [0.5, 0.6) is 0 Å². The highest BCUT2D eigenvalue weighted by atomic mass is 15.3. The number of benzene rings is 1. The van der Waals surface area contributed by atoms with Gasteiger partial charge in [0.2, 0.25) is 0 Å². The highest BCUT2D eigenvalue weighted by Gasteiger charge is 2.29. The van der Waals surface area contributed by atoms with Crippen LogP contribution in [-0.4, -0.2) is 43.7 Å². The fraction of sp³-hybridized carbons (Fsp3) is 0.625. The second kappa shape index (κ2) is 6.40. The number of likely N-dealkylation sites (N-methyl/N-ethyl adjacent to an activating group) is 1. The third-order valence-corrected chi connectivity index (χ3v) is 4.30. The Morgan fingerprint density at radius 1 is 1.26 bits per heavy atom. The lowest BCUT2D eigenvalue weighted by Gasteiger charge is -2.45. The maximum absolute atomic E-state index is 5.75. The van der Waals surface area contributed by atoms with Gasteiger partial charge in [0.15, 0.2) is 0 Å². The van der Waals surface area contributed by atoms with Crippen LogP contribution in [0.3, 0.4) is 0 Å². The van der Waals surface area contributed by atoms with Crippen LogP contribution < -0.4 is 10.6 Å². The summed E-state index contributed by atoms with van der Waals surface area (Å²) in [5.41, 5.74) is 8.61. The first-order valence-corrected chi connectivity index (χ1v) is 7.42. The summed E-state index contributed by atoms with van der Waals surface area (Å²) in [6, 6.07) is 9.94. The lowest BCUT2D eigenvalue weighted by molar-refractivity contribution is 0.185. The minimum atomic E-state index is 0.562. The van der Waals surface area contributed by atoms with Gasteiger partial charge in [-0.25, -0.2) is 0 Å². The Kier molecular flexibility index (Phi) is 4.83. The van der Waals surface area contributed by atoms with E-state index >= 15 is 0 Å². The minimum Gasteiger partial charge on any atom is -0.366 e. The van der Waals surface area contributed by atoms with Crippen molar-refractivity contribution in [3.05, 3.63) is 29.8 Å². The Hall–Kier alpha value is -1.06. The summed E-state index contributed by atoms with van der Waals surface area (Å²) in [4.78, 5) is 5.03. The second-order valence-corrected chi connectivity index (χ2v) is 5.65. The maximum Gasteiger partial charge on any atom is 0.0402 e. The van der Waals surface area contributed by atoms with Gasteiger partial charge < -0.3 is 10.6 Å². The van der Waals surface area contributed by atoms with E-state index in [4.69, 9.17) is 5.73 Å². The maximum atomic E-state index is 5.75. The largest absolute Gasteiger partial charge is 0.366 e. The zero-order valence-corrected chi connectivity index (χ0v) is 12.5. The van der Waals surface area contributed by atoms with E-state index in [2.05, 4.69) is 55.0 Å². The van der Waals surface area contributed by atoms with E-state index in [0.717, 1.165) is 32.5 Å². The van der Waals surface area contributed by atoms with Crippen molar-refractivity contribution in [1.82, 2.24) is 4.90 Å². The number of piperazine rings is 1. The van der Waals surface area contributed by atoms with Gasteiger partial charge in [0.05, 0.1) is 0 Å². The van der Waals surface area contributed by atoms with Gasteiger partial charge in [-0.2, -0.15) is 0 Å². The predicted octanol–water partition coefficient (Wildman–Crippen LogP) is 2.11. The molecule has 0 aromatic heterocycles. The molecule has 2 rings (SSSR count). The average molecular weight is 261 g/mol. The number of anilines is 1. The monoisotopic (exact) mass is 261 g/mol. The molecule has 1 fully saturated rings. The standard InChI is InChI=1S/C16H27N3/c1-4-14-7-5-6-8-16(14)19-12-15(9-10-17)18(3)11-13(19)2/h5-8,13,15H,4,9-12,17H2,1-3H3. The quantitative estimate of drug-likeness (QED) is 0.901. The zero-order chi connectivity index (χ0) is 13.8. The molecule has 0 aliphatic carbocycles. The number of hydrogen-bond donors (Lipinski definition) is 1. The van der Waals surface area contributed by atoms with Crippen molar-refractivity contribution in [3.8, 4) is 0 Å². The van der Waals surface area contributed by atoms with E-state index in [-0.39, 0.29) is 0 Å². The lowest BCUT2D eigenvalue weighted by Crippen LogP contribution is -2.56. The molecule has 106 valence electrons. The number of para-hydroxylation sites is 1. The fourth-order valence-corrected chi connectivity index (χ4v) is 3.14. The molecule has 0 bridgehead atoms. The van der Waals surface area contributed by atoms with Crippen LogP contribution >= 0.6 is 0 Å². The Bertz CT molecular complexity index is 405. The van der Waals surface area contributed by atoms with Gasteiger partial charge in [0, 0.05) is 30.9 Å². The molecule has 2 atom stereocenters. The topological polar surface area (TPSA) is 32.5 Å². The van der Waals surface area contributed by atoms with Gasteiger partial charge in [0.25, 0.3) is 0 Å². The lowest BCUT2D eigenvalue weighted by atomic mass is 10.0. The highest BCUT2D eigenvalue weighted by molar-refractivity contribution is 5.55. The number of hydrogen-bond acceptors (Lipinski definition) is 3. The van der Waals surface area contributed by atoms with Crippen LogP contribution in [0.25, 0.3) is 0 Å². The summed E-state index contributed by atoms with van der Waals surface area (Å²) in [7, 11) is 2.22. The fourth-order valence-electron chi connectivity index (χ4n) is 3.14. The van der Waals surface area contributed by atoms with Crippen LogP contribution in [0.15, 0.2) is 24.3 Å². The van der Waals surface area contributed by atoms with E-state index < -0.39 is 0 Å². The first kappa shape index (κ1) is 14.4. The normalized spacial score (nSPS) is 24.7. The molecule has 1 saturated heterocycles. The Morgan fingerprint density at radius 2 is 2.00 bits per heavy atom. The Morgan fingerprint density at radius 3 is 2.68 bits per heavy atom. The van der Waals surface area contributed by atoms with Gasteiger partial charge >= 0.3 is 0 Å². The van der Waals surface area contributed by atoms with Gasteiger partial charge in [-0.1, -0.05) is 25.1 Å². The molecule has 1 aliphatic heterocycles. The molecular weight excluding hydrogens is 234 g/mol. The Labute approximate surface area is 117 Å². The first-order valence-electron chi connectivity index (χ1n) is 7.42. The van der Waals surface area contributed by atoms with Crippen molar-refractivity contribution in [3.63, 3.8) is 0 Å². The second-order valence-electron chi connectivity index (χ2n) is 5.65. The number of rotatable bonds is 4. The number of nitrogens with zero attached hydrogens (tertiary/aromatic N) is 2. The zero-order valence-electron chi connectivity index (χ0n) is 12.5. The SMILES string of the molecule is CCc1ccccc1N1CC(CCN)N(C)CC1C. The molecule has 19 heavy (non-hydrogen) atoms. The summed E-state index contributed by atoms with van der Waals surface area (Å²) in [5.74, 6) is 0. The summed E-state index contributed by atoms with van der Waals surface area (Å²) < 4.78 is 0. The van der Waals surface area contributed by atoms with Crippen LogP contribution in [0.2, 0.25) is 0 Å². The molecule has 1 aromatic carbocycles. The predicted molar refractivity (Wildman–Crippen MR) is 82.7 cm³/mol. The van der Waals surface area contributed by atoms with Crippen molar-refractivity contribution in [1.29, 1.82) is 0 Å². The van der Waals surface area contributed by atoms with Crippen LogP contribution in [0.4, 0.5) is 5.69 Å². The molecule has 3 heteroatoms. The van der Waals surface area contributed by atoms with Gasteiger partial charge in [-0.3, -0.25) is 4.90 Å². The third-order valence-electron chi connectivity index (χ3n) is 4.30. The molecule has 2 N–H and O–H groups in total. The van der Waals surface area contributed by atoms with E-state index in [0.29, 0.717) is 12.1 Å². The van der Waals surface area contributed by atoms with E-state index in [1.165, 1.54) is 11.3 Å². The summed E-state index contributed by atoms with van der Waals surface area (Å²) in [5, 5.41) is 0. The third kappa shape index (κ3) is 3.10. The van der Waals surface area contributed by atoms with Crippen molar-refractivity contribution in [2.45, 2.75) is 38.8 Å². The van der Waals surface area contributed by atoms with E-state index in [9.17, 15) is 0 Å². The molecule has 1 heterocycles. The van der Waals surface area contributed by atoms with Crippen molar-refractivity contribution < 1.29 is 0 Å². The molecular formula is C16H27N3. The summed E-state index contributed by atoms with van der Waals surface area (Å²) in [6.07, 6.45) is 2.17. The first-order chi connectivity index (χ1) is 9.17.